The van der Waals surface area contributed by atoms with E-state index >= 15 is 0 Å². The van der Waals surface area contributed by atoms with Crippen molar-refractivity contribution < 1.29 is 23.5 Å². The van der Waals surface area contributed by atoms with Gasteiger partial charge in [-0.25, -0.2) is 0 Å². The van der Waals surface area contributed by atoms with Crippen LogP contribution in [0.4, 0.5) is 11.4 Å². The Kier molecular flexibility index (Phi) is 4.59. The lowest BCUT2D eigenvalue weighted by atomic mass is 10.1. The number of anilines is 2. The van der Waals surface area contributed by atoms with Crippen molar-refractivity contribution in [3.63, 3.8) is 0 Å². The quantitative estimate of drug-likeness (QED) is 0.458. The minimum absolute atomic E-state index is 0.289. The highest BCUT2D eigenvalue weighted by atomic mass is 16.6. The standard InChI is InChI=1S/C23H19N3O5/c1-13-2-4-15(24-22(27)14-3-5-19-21(10-14)31-9-8-30-19)11-17(13)26-23(28)18-12-20-16(25-18)6-7-29-20/h2-7,10-12,25H,8-9H2,1H3,(H,24,27)(H,26,28). The number of hydrogen-bond donors (Lipinski definition) is 3. The first-order valence-electron chi connectivity index (χ1n) is 9.76. The minimum Gasteiger partial charge on any atom is -0.486 e. The van der Waals surface area contributed by atoms with E-state index in [9.17, 15) is 9.59 Å². The summed E-state index contributed by atoms with van der Waals surface area (Å²) in [6.45, 7) is 2.82. The zero-order chi connectivity index (χ0) is 21.4. The molecule has 5 rings (SSSR count). The number of carbonyl (C=O) groups is 2. The molecule has 8 nitrogen and oxygen atoms in total. The lowest BCUT2D eigenvalue weighted by Gasteiger charge is -2.18. The Labute approximate surface area is 177 Å². The fourth-order valence-electron chi connectivity index (χ4n) is 3.38. The van der Waals surface area contributed by atoms with Gasteiger partial charge in [-0.05, 0) is 42.8 Å². The predicted octanol–water partition coefficient (Wildman–Crippen LogP) is 4.35. The summed E-state index contributed by atoms with van der Waals surface area (Å²) in [5, 5.41) is 5.73. The van der Waals surface area contributed by atoms with Gasteiger partial charge in [0.25, 0.3) is 11.8 Å². The van der Waals surface area contributed by atoms with Crippen LogP contribution >= 0.6 is 0 Å². The molecule has 2 aromatic carbocycles. The first-order chi connectivity index (χ1) is 15.1. The van der Waals surface area contributed by atoms with E-state index in [1.165, 1.54) is 0 Å². The Morgan fingerprint density at radius 2 is 1.74 bits per heavy atom. The van der Waals surface area contributed by atoms with Crippen LogP contribution in [0.1, 0.15) is 26.4 Å². The van der Waals surface area contributed by atoms with Crippen molar-refractivity contribution in [1.29, 1.82) is 0 Å². The van der Waals surface area contributed by atoms with Gasteiger partial charge in [0.1, 0.15) is 18.9 Å². The third-order valence-corrected chi connectivity index (χ3v) is 5.03. The lowest BCUT2D eigenvalue weighted by Crippen LogP contribution is -2.17. The van der Waals surface area contributed by atoms with E-state index in [-0.39, 0.29) is 11.8 Å². The third-order valence-electron chi connectivity index (χ3n) is 5.03. The molecule has 31 heavy (non-hydrogen) atoms. The molecule has 2 aromatic heterocycles. The SMILES string of the molecule is Cc1ccc(NC(=O)c2ccc3c(c2)OCCO3)cc1NC(=O)c1cc2occc2[nH]1. The van der Waals surface area contributed by atoms with Gasteiger partial charge in [0.15, 0.2) is 17.1 Å². The van der Waals surface area contributed by atoms with Crippen LogP contribution in [-0.4, -0.2) is 30.0 Å². The van der Waals surface area contributed by atoms with Gasteiger partial charge in [0.05, 0.1) is 11.8 Å². The van der Waals surface area contributed by atoms with Crippen molar-refractivity contribution in [2.24, 2.45) is 0 Å². The lowest BCUT2D eigenvalue weighted by molar-refractivity contribution is 0.101. The molecule has 0 fully saturated rings. The van der Waals surface area contributed by atoms with Crippen LogP contribution in [0.15, 0.2) is 59.2 Å². The van der Waals surface area contributed by atoms with Gasteiger partial charge in [-0.1, -0.05) is 6.07 Å². The number of ether oxygens (including phenoxy) is 2. The van der Waals surface area contributed by atoms with Gasteiger partial charge < -0.3 is 29.5 Å². The Hall–Kier alpha value is -4.20. The molecule has 0 bridgehead atoms. The number of fused-ring (bicyclic) bond motifs is 2. The van der Waals surface area contributed by atoms with Crippen LogP contribution in [0.2, 0.25) is 0 Å². The molecule has 0 aliphatic carbocycles. The molecule has 0 spiro atoms. The van der Waals surface area contributed by atoms with E-state index in [4.69, 9.17) is 13.9 Å². The second kappa shape index (κ2) is 7.56. The Balaban J connectivity index is 1.32. The number of aromatic nitrogens is 1. The first-order valence-corrected chi connectivity index (χ1v) is 9.76. The highest BCUT2D eigenvalue weighted by molar-refractivity contribution is 6.07. The van der Waals surface area contributed by atoms with Gasteiger partial charge in [-0.3, -0.25) is 9.59 Å². The summed E-state index contributed by atoms with van der Waals surface area (Å²) >= 11 is 0. The van der Waals surface area contributed by atoms with E-state index < -0.39 is 0 Å². The first kappa shape index (κ1) is 18.8. The van der Waals surface area contributed by atoms with Crippen LogP contribution in [0, 0.1) is 6.92 Å². The monoisotopic (exact) mass is 417 g/mol. The van der Waals surface area contributed by atoms with Crippen LogP contribution < -0.4 is 20.1 Å². The van der Waals surface area contributed by atoms with Crippen LogP contribution in [0.3, 0.4) is 0 Å². The molecule has 2 amide bonds. The topological polar surface area (TPSA) is 106 Å². The Morgan fingerprint density at radius 1 is 0.903 bits per heavy atom. The molecule has 3 N–H and O–H groups in total. The van der Waals surface area contributed by atoms with E-state index in [0.717, 1.165) is 11.1 Å². The highest BCUT2D eigenvalue weighted by Crippen LogP contribution is 2.31. The normalized spacial score (nSPS) is 12.5. The zero-order valence-electron chi connectivity index (χ0n) is 16.7. The van der Waals surface area contributed by atoms with Crippen LogP contribution in [0.25, 0.3) is 11.1 Å². The number of H-pyrrole nitrogens is 1. The summed E-state index contributed by atoms with van der Waals surface area (Å²) in [4.78, 5) is 28.3. The van der Waals surface area contributed by atoms with E-state index in [1.54, 1.807) is 48.7 Å². The number of rotatable bonds is 4. The minimum atomic E-state index is -0.301. The summed E-state index contributed by atoms with van der Waals surface area (Å²) in [6, 6.07) is 13.8. The summed E-state index contributed by atoms with van der Waals surface area (Å²) < 4.78 is 16.3. The maximum Gasteiger partial charge on any atom is 0.272 e. The van der Waals surface area contributed by atoms with E-state index in [1.807, 2.05) is 13.0 Å². The smallest absolute Gasteiger partial charge is 0.272 e. The molecular formula is C23H19N3O5. The van der Waals surface area contributed by atoms with Gasteiger partial charge in [-0.15, -0.1) is 0 Å². The van der Waals surface area contributed by atoms with Crippen molar-refractivity contribution in [2.75, 3.05) is 23.8 Å². The molecule has 4 aromatic rings. The van der Waals surface area contributed by atoms with Gasteiger partial charge >= 0.3 is 0 Å². The van der Waals surface area contributed by atoms with E-state index in [0.29, 0.717) is 52.9 Å². The summed E-state index contributed by atoms with van der Waals surface area (Å²) in [6.07, 6.45) is 1.56. The second-order valence-electron chi connectivity index (χ2n) is 7.18. The molecule has 1 aliphatic rings. The molecular weight excluding hydrogens is 398 g/mol. The van der Waals surface area contributed by atoms with Crippen molar-refractivity contribution >= 4 is 34.3 Å². The molecule has 0 atom stereocenters. The largest absolute Gasteiger partial charge is 0.486 e. The number of hydrogen-bond acceptors (Lipinski definition) is 5. The summed E-state index contributed by atoms with van der Waals surface area (Å²) in [5.41, 5.74) is 4.21. The highest BCUT2D eigenvalue weighted by Gasteiger charge is 2.16. The number of benzene rings is 2. The third kappa shape index (κ3) is 3.71. The van der Waals surface area contributed by atoms with Gasteiger partial charge in [-0.2, -0.15) is 0 Å². The molecule has 3 heterocycles. The number of furan rings is 1. The molecule has 0 radical (unpaired) electrons. The Morgan fingerprint density at radius 3 is 2.58 bits per heavy atom. The van der Waals surface area contributed by atoms with E-state index in [2.05, 4.69) is 15.6 Å². The number of carbonyl (C=O) groups excluding carboxylic acids is 2. The predicted molar refractivity (Wildman–Crippen MR) is 115 cm³/mol. The summed E-state index contributed by atoms with van der Waals surface area (Å²) in [7, 11) is 0. The maximum absolute atomic E-state index is 12.7. The molecule has 0 saturated heterocycles. The van der Waals surface area contributed by atoms with Crippen LogP contribution in [0.5, 0.6) is 11.5 Å². The van der Waals surface area contributed by atoms with Crippen molar-refractivity contribution in [2.45, 2.75) is 6.92 Å². The fourth-order valence-corrected chi connectivity index (χ4v) is 3.38. The number of amides is 2. The van der Waals surface area contributed by atoms with Gasteiger partial charge in [0, 0.05) is 29.1 Å². The number of aryl methyl sites for hydroxylation is 1. The summed E-state index contributed by atoms with van der Waals surface area (Å²) in [5.74, 6) is 0.583. The average molecular weight is 417 g/mol. The fraction of sp³-hybridized carbons (Fsp3) is 0.130. The second-order valence-corrected chi connectivity index (χ2v) is 7.18. The average Bonchev–Trinajstić information content (AvgIpc) is 3.38. The molecule has 1 aliphatic heterocycles. The number of aromatic amines is 1. The zero-order valence-corrected chi connectivity index (χ0v) is 16.7. The van der Waals surface area contributed by atoms with Gasteiger partial charge in [0.2, 0.25) is 0 Å². The molecule has 0 saturated carbocycles. The van der Waals surface area contributed by atoms with Crippen molar-refractivity contribution in [3.05, 3.63) is 71.6 Å². The van der Waals surface area contributed by atoms with Crippen LogP contribution in [-0.2, 0) is 0 Å². The molecule has 8 heteroatoms. The molecule has 156 valence electrons. The number of nitrogens with one attached hydrogen (secondary N) is 3. The Bertz CT molecular complexity index is 1280. The van der Waals surface area contributed by atoms with Crippen molar-refractivity contribution in [3.8, 4) is 11.5 Å². The maximum atomic E-state index is 12.7. The molecule has 0 unspecified atom stereocenters. The van der Waals surface area contributed by atoms with Crippen molar-refractivity contribution in [1.82, 2.24) is 4.98 Å².